The van der Waals surface area contributed by atoms with E-state index in [1.807, 2.05) is 0 Å². The molecule has 0 saturated heterocycles. The molecule has 1 saturated carbocycles. The Labute approximate surface area is 77.9 Å². The van der Waals surface area contributed by atoms with Gasteiger partial charge in [-0.05, 0) is 31.6 Å². The molecule has 2 nitrogen and oxygen atoms in total. The van der Waals surface area contributed by atoms with Crippen molar-refractivity contribution in [3.8, 4) is 0 Å². The van der Waals surface area contributed by atoms with Crippen LogP contribution in [-0.4, -0.2) is 16.0 Å². The number of halogens is 1. The van der Waals surface area contributed by atoms with Crippen molar-refractivity contribution in [2.75, 3.05) is 0 Å². The van der Waals surface area contributed by atoms with E-state index in [1.54, 1.807) is 0 Å². The van der Waals surface area contributed by atoms with Gasteiger partial charge in [-0.15, -0.1) is 11.6 Å². The molecule has 0 unspecified atom stereocenters. The molecule has 0 spiro atoms. The first-order valence-corrected chi connectivity index (χ1v) is 4.88. The average Bonchev–Trinajstić information content (AvgIpc) is 2.06. The van der Waals surface area contributed by atoms with Gasteiger partial charge in [0.15, 0.2) is 0 Å². The topological polar surface area (TPSA) is 37.3 Å². The van der Waals surface area contributed by atoms with Crippen molar-refractivity contribution in [3.05, 3.63) is 0 Å². The largest absolute Gasteiger partial charge is 0.480 e. The first-order chi connectivity index (χ1) is 5.58. The number of carboxylic acids is 1. The summed E-state index contributed by atoms with van der Waals surface area (Å²) in [5, 5.41) is 8.82. The van der Waals surface area contributed by atoms with E-state index in [1.165, 1.54) is 0 Å². The molecule has 0 amide bonds. The second kappa shape index (κ2) is 3.65. The highest BCUT2D eigenvalue weighted by Crippen LogP contribution is 2.38. The molecule has 1 rings (SSSR count). The lowest BCUT2D eigenvalue weighted by Gasteiger charge is -2.31. The minimum atomic E-state index is -0.953. The summed E-state index contributed by atoms with van der Waals surface area (Å²) < 4.78 is 0. The lowest BCUT2D eigenvalue weighted by molar-refractivity contribution is -0.141. The van der Waals surface area contributed by atoms with Gasteiger partial charge in [-0.25, -0.2) is 0 Å². The highest BCUT2D eigenvalue weighted by atomic mass is 35.5. The van der Waals surface area contributed by atoms with Crippen LogP contribution in [-0.2, 0) is 4.79 Å². The Kier molecular flexibility index (Phi) is 2.99. The summed E-state index contributed by atoms with van der Waals surface area (Å²) in [5.41, 5.74) is 0. The number of carbonyl (C=O) groups is 1. The Morgan fingerprint density at radius 1 is 1.58 bits per heavy atom. The van der Waals surface area contributed by atoms with Gasteiger partial charge in [0.1, 0.15) is 4.87 Å². The zero-order chi connectivity index (χ0) is 9.19. The summed E-state index contributed by atoms with van der Waals surface area (Å²) in [4.78, 5) is 9.79. The lowest BCUT2D eigenvalue weighted by atomic mass is 9.80. The summed E-state index contributed by atoms with van der Waals surface area (Å²) >= 11 is 5.93. The van der Waals surface area contributed by atoms with E-state index in [2.05, 4.69) is 6.92 Å². The Morgan fingerprint density at radius 2 is 2.08 bits per heavy atom. The Hall–Kier alpha value is -0.240. The Balaban J connectivity index is 2.49. The molecule has 0 heterocycles. The molecular formula is C9H15ClO2. The smallest absolute Gasteiger partial charge is 0.324 e. The van der Waals surface area contributed by atoms with Crippen molar-refractivity contribution in [3.63, 3.8) is 0 Å². The van der Waals surface area contributed by atoms with Gasteiger partial charge in [-0.1, -0.05) is 13.3 Å². The van der Waals surface area contributed by atoms with Gasteiger partial charge >= 0.3 is 5.97 Å². The molecule has 70 valence electrons. The fourth-order valence-corrected chi connectivity index (χ4v) is 1.98. The number of carboxylic acid groups (broad SMARTS) is 1. The standard InChI is InChI=1S/C9H15ClO2/c1-2-7-3-5-9(10,6-4-7)8(11)12/h7H,2-6H2,1H3,(H,11,12). The number of aliphatic carboxylic acids is 1. The average molecular weight is 191 g/mol. The van der Waals surface area contributed by atoms with Crippen molar-refractivity contribution in [2.45, 2.75) is 43.9 Å². The maximum atomic E-state index is 10.7. The molecule has 0 aromatic heterocycles. The highest BCUT2D eigenvalue weighted by molar-refractivity contribution is 6.33. The summed E-state index contributed by atoms with van der Waals surface area (Å²) in [6.45, 7) is 2.15. The van der Waals surface area contributed by atoms with Crippen molar-refractivity contribution in [2.24, 2.45) is 5.92 Å². The van der Waals surface area contributed by atoms with Crippen LogP contribution in [0.4, 0.5) is 0 Å². The van der Waals surface area contributed by atoms with Crippen molar-refractivity contribution < 1.29 is 9.90 Å². The normalized spacial score (nSPS) is 36.3. The number of rotatable bonds is 2. The maximum absolute atomic E-state index is 10.7. The molecule has 1 N–H and O–H groups in total. The Bertz CT molecular complexity index is 171. The van der Waals surface area contributed by atoms with Gasteiger partial charge in [0.25, 0.3) is 0 Å². The van der Waals surface area contributed by atoms with Crippen molar-refractivity contribution >= 4 is 17.6 Å². The van der Waals surface area contributed by atoms with Gasteiger partial charge in [0.05, 0.1) is 0 Å². The predicted molar refractivity (Wildman–Crippen MR) is 48.5 cm³/mol. The molecule has 0 aromatic rings. The van der Waals surface area contributed by atoms with Gasteiger partial charge in [-0.2, -0.15) is 0 Å². The molecule has 0 bridgehead atoms. The number of hydrogen-bond acceptors (Lipinski definition) is 1. The Morgan fingerprint density at radius 3 is 2.42 bits per heavy atom. The van der Waals surface area contributed by atoms with Crippen molar-refractivity contribution in [1.82, 2.24) is 0 Å². The van der Waals surface area contributed by atoms with Crippen LogP contribution in [0.3, 0.4) is 0 Å². The molecule has 1 aliphatic rings. The van der Waals surface area contributed by atoms with E-state index >= 15 is 0 Å². The first-order valence-electron chi connectivity index (χ1n) is 4.51. The summed E-state index contributed by atoms with van der Waals surface area (Å²) in [6, 6.07) is 0. The molecule has 12 heavy (non-hydrogen) atoms. The third-order valence-corrected chi connectivity index (χ3v) is 3.40. The van der Waals surface area contributed by atoms with E-state index < -0.39 is 10.8 Å². The molecule has 1 aliphatic carbocycles. The van der Waals surface area contributed by atoms with E-state index in [-0.39, 0.29) is 0 Å². The van der Waals surface area contributed by atoms with E-state index in [0.717, 1.165) is 19.3 Å². The van der Waals surface area contributed by atoms with E-state index in [4.69, 9.17) is 16.7 Å². The second-order valence-electron chi connectivity index (χ2n) is 3.62. The molecular weight excluding hydrogens is 176 g/mol. The van der Waals surface area contributed by atoms with Crippen molar-refractivity contribution in [1.29, 1.82) is 0 Å². The monoisotopic (exact) mass is 190 g/mol. The molecule has 0 aromatic carbocycles. The summed E-state index contributed by atoms with van der Waals surface area (Å²) in [5.74, 6) is -0.157. The van der Waals surface area contributed by atoms with Crippen LogP contribution in [0, 0.1) is 5.92 Å². The quantitative estimate of drug-likeness (QED) is 0.680. The van der Waals surface area contributed by atoms with Gasteiger partial charge in [-0.3, -0.25) is 4.79 Å². The van der Waals surface area contributed by atoms with Crippen LogP contribution in [0.2, 0.25) is 0 Å². The fraction of sp³-hybridized carbons (Fsp3) is 0.889. The highest BCUT2D eigenvalue weighted by Gasteiger charge is 2.39. The van der Waals surface area contributed by atoms with Crippen LogP contribution >= 0.6 is 11.6 Å². The van der Waals surface area contributed by atoms with Crippen LogP contribution in [0.15, 0.2) is 0 Å². The van der Waals surface area contributed by atoms with Gasteiger partial charge in [0.2, 0.25) is 0 Å². The van der Waals surface area contributed by atoms with Crippen LogP contribution in [0.5, 0.6) is 0 Å². The minimum Gasteiger partial charge on any atom is -0.480 e. The second-order valence-corrected chi connectivity index (χ2v) is 4.35. The van der Waals surface area contributed by atoms with Crippen LogP contribution in [0.1, 0.15) is 39.0 Å². The number of hydrogen-bond donors (Lipinski definition) is 1. The fourth-order valence-electron chi connectivity index (χ4n) is 1.76. The lowest BCUT2D eigenvalue weighted by Crippen LogP contribution is -2.36. The predicted octanol–water partition coefficient (Wildman–Crippen LogP) is 2.65. The van der Waals surface area contributed by atoms with E-state index in [9.17, 15) is 4.79 Å². The summed E-state index contributed by atoms with van der Waals surface area (Å²) in [6.07, 6.45) is 4.33. The SMILES string of the molecule is CCC1CCC(Cl)(C(=O)O)CC1. The zero-order valence-corrected chi connectivity index (χ0v) is 8.10. The molecule has 0 radical (unpaired) electrons. The first kappa shape index (κ1) is 9.85. The third-order valence-electron chi connectivity index (χ3n) is 2.86. The maximum Gasteiger partial charge on any atom is 0.324 e. The third kappa shape index (κ3) is 1.92. The molecule has 0 atom stereocenters. The zero-order valence-electron chi connectivity index (χ0n) is 7.35. The van der Waals surface area contributed by atoms with Gasteiger partial charge in [0, 0.05) is 0 Å². The molecule has 1 fully saturated rings. The van der Waals surface area contributed by atoms with Crippen LogP contribution < -0.4 is 0 Å². The van der Waals surface area contributed by atoms with E-state index in [0.29, 0.717) is 18.8 Å². The van der Waals surface area contributed by atoms with Crippen LogP contribution in [0.25, 0.3) is 0 Å². The summed E-state index contributed by atoms with van der Waals surface area (Å²) in [7, 11) is 0. The molecule has 0 aliphatic heterocycles. The van der Waals surface area contributed by atoms with Gasteiger partial charge < -0.3 is 5.11 Å². The number of alkyl halides is 1. The molecule has 3 heteroatoms. The minimum absolute atomic E-state index is 0.627.